The SMILES string of the molecule is Cc1cccc(N2CCN(C(=O)NCC3COCCO3)CC2)c1. The van der Waals surface area contributed by atoms with Crippen LogP contribution in [0.15, 0.2) is 24.3 Å². The molecule has 1 aromatic carbocycles. The van der Waals surface area contributed by atoms with Crippen LogP contribution in [0, 0.1) is 6.92 Å². The number of anilines is 1. The molecular formula is C17H25N3O3. The van der Waals surface area contributed by atoms with Gasteiger partial charge in [0.15, 0.2) is 0 Å². The summed E-state index contributed by atoms with van der Waals surface area (Å²) in [5, 5.41) is 2.95. The molecule has 6 heteroatoms. The summed E-state index contributed by atoms with van der Waals surface area (Å²) in [6.45, 7) is 7.62. The van der Waals surface area contributed by atoms with Crippen LogP contribution in [-0.4, -0.2) is 69.6 Å². The molecule has 1 unspecified atom stereocenters. The number of amides is 2. The van der Waals surface area contributed by atoms with Gasteiger partial charge in [0.05, 0.1) is 25.9 Å². The first-order valence-electron chi connectivity index (χ1n) is 8.26. The highest BCUT2D eigenvalue weighted by Crippen LogP contribution is 2.17. The van der Waals surface area contributed by atoms with E-state index in [-0.39, 0.29) is 12.1 Å². The van der Waals surface area contributed by atoms with E-state index in [0.717, 1.165) is 26.2 Å². The van der Waals surface area contributed by atoms with Crippen LogP contribution >= 0.6 is 0 Å². The van der Waals surface area contributed by atoms with E-state index < -0.39 is 0 Å². The Morgan fingerprint density at radius 2 is 2.09 bits per heavy atom. The number of hydrogen-bond donors (Lipinski definition) is 1. The fraction of sp³-hybridized carbons (Fsp3) is 0.588. The highest BCUT2D eigenvalue weighted by Gasteiger charge is 2.22. The first-order chi connectivity index (χ1) is 11.2. The molecule has 23 heavy (non-hydrogen) atoms. The second kappa shape index (κ2) is 7.66. The van der Waals surface area contributed by atoms with Gasteiger partial charge in [-0.2, -0.15) is 0 Å². The molecule has 0 radical (unpaired) electrons. The number of ether oxygens (including phenoxy) is 2. The molecular weight excluding hydrogens is 294 g/mol. The molecule has 6 nitrogen and oxygen atoms in total. The molecule has 2 saturated heterocycles. The van der Waals surface area contributed by atoms with E-state index in [1.165, 1.54) is 11.3 Å². The number of piperazine rings is 1. The predicted molar refractivity (Wildman–Crippen MR) is 88.9 cm³/mol. The van der Waals surface area contributed by atoms with Crippen LogP contribution < -0.4 is 10.2 Å². The summed E-state index contributed by atoms with van der Waals surface area (Å²) >= 11 is 0. The minimum absolute atomic E-state index is 0.0111. The molecule has 2 heterocycles. The number of carbonyl (C=O) groups excluding carboxylic acids is 1. The molecule has 1 N–H and O–H groups in total. The van der Waals surface area contributed by atoms with Gasteiger partial charge in [-0.1, -0.05) is 12.1 Å². The second-order valence-electron chi connectivity index (χ2n) is 6.07. The third-order valence-corrected chi connectivity index (χ3v) is 4.30. The molecule has 3 rings (SSSR count). The predicted octanol–water partition coefficient (Wildman–Crippen LogP) is 1.24. The van der Waals surface area contributed by atoms with Crippen molar-refractivity contribution in [3.8, 4) is 0 Å². The number of benzene rings is 1. The van der Waals surface area contributed by atoms with Gasteiger partial charge in [0.2, 0.25) is 0 Å². The van der Waals surface area contributed by atoms with Crippen LogP contribution in [-0.2, 0) is 9.47 Å². The second-order valence-corrected chi connectivity index (χ2v) is 6.07. The third kappa shape index (κ3) is 4.36. The minimum Gasteiger partial charge on any atom is -0.376 e. The van der Waals surface area contributed by atoms with E-state index in [0.29, 0.717) is 26.4 Å². The van der Waals surface area contributed by atoms with Gasteiger partial charge >= 0.3 is 6.03 Å². The summed E-state index contributed by atoms with van der Waals surface area (Å²) in [4.78, 5) is 16.4. The van der Waals surface area contributed by atoms with Crippen molar-refractivity contribution in [2.75, 3.05) is 57.4 Å². The third-order valence-electron chi connectivity index (χ3n) is 4.30. The average Bonchev–Trinajstić information content (AvgIpc) is 2.61. The van der Waals surface area contributed by atoms with Gasteiger partial charge in [-0.05, 0) is 24.6 Å². The van der Waals surface area contributed by atoms with Gasteiger partial charge in [0, 0.05) is 38.4 Å². The first kappa shape index (κ1) is 16.1. The topological polar surface area (TPSA) is 54.0 Å². The fourth-order valence-corrected chi connectivity index (χ4v) is 2.96. The molecule has 0 saturated carbocycles. The Hall–Kier alpha value is -1.79. The molecule has 0 aromatic heterocycles. The molecule has 1 aromatic rings. The molecule has 126 valence electrons. The summed E-state index contributed by atoms with van der Waals surface area (Å²) in [5.41, 5.74) is 2.50. The van der Waals surface area contributed by atoms with Crippen LogP contribution in [0.5, 0.6) is 0 Å². The summed E-state index contributed by atoms with van der Waals surface area (Å²) in [7, 11) is 0. The number of rotatable bonds is 3. The molecule has 2 aliphatic rings. The number of hydrogen-bond acceptors (Lipinski definition) is 4. The highest BCUT2D eigenvalue weighted by molar-refractivity contribution is 5.74. The maximum Gasteiger partial charge on any atom is 0.317 e. The van der Waals surface area contributed by atoms with E-state index in [4.69, 9.17) is 9.47 Å². The summed E-state index contributed by atoms with van der Waals surface area (Å²) < 4.78 is 10.9. The fourth-order valence-electron chi connectivity index (χ4n) is 2.96. The molecule has 2 fully saturated rings. The zero-order valence-corrected chi connectivity index (χ0v) is 13.7. The maximum absolute atomic E-state index is 12.2. The minimum atomic E-state index is -0.0266. The van der Waals surface area contributed by atoms with Crippen LogP contribution in [0.2, 0.25) is 0 Å². The number of aryl methyl sites for hydroxylation is 1. The van der Waals surface area contributed by atoms with E-state index >= 15 is 0 Å². The zero-order valence-electron chi connectivity index (χ0n) is 13.7. The van der Waals surface area contributed by atoms with Gasteiger partial charge in [-0.25, -0.2) is 4.79 Å². The Bertz CT molecular complexity index is 524. The molecule has 2 amide bonds. The van der Waals surface area contributed by atoms with Crippen LogP contribution in [0.3, 0.4) is 0 Å². The lowest BCUT2D eigenvalue weighted by molar-refractivity contribution is -0.0856. The largest absolute Gasteiger partial charge is 0.376 e. The monoisotopic (exact) mass is 319 g/mol. The van der Waals surface area contributed by atoms with Crippen LogP contribution in [0.25, 0.3) is 0 Å². The van der Waals surface area contributed by atoms with Crippen molar-refractivity contribution in [2.45, 2.75) is 13.0 Å². The van der Waals surface area contributed by atoms with Gasteiger partial charge in [0.1, 0.15) is 0 Å². The van der Waals surface area contributed by atoms with Crippen molar-refractivity contribution in [1.29, 1.82) is 0 Å². The summed E-state index contributed by atoms with van der Waals surface area (Å²) in [5.74, 6) is 0. The summed E-state index contributed by atoms with van der Waals surface area (Å²) in [6, 6.07) is 8.49. The highest BCUT2D eigenvalue weighted by atomic mass is 16.6. The lowest BCUT2D eigenvalue weighted by Crippen LogP contribution is -2.53. The standard InChI is InChI=1S/C17H25N3O3/c1-14-3-2-4-15(11-14)19-5-7-20(8-6-19)17(21)18-12-16-13-22-9-10-23-16/h2-4,11,16H,5-10,12-13H2,1H3,(H,18,21). The number of urea groups is 1. The number of nitrogens with zero attached hydrogens (tertiary/aromatic N) is 2. The van der Waals surface area contributed by atoms with Gasteiger partial charge in [-0.3, -0.25) is 0 Å². The van der Waals surface area contributed by atoms with Gasteiger partial charge in [-0.15, -0.1) is 0 Å². The van der Waals surface area contributed by atoms with Crippen molar-refractivity contribution in [3.63, 3.8) is 0 Å². The Morgan fingerprint density at radius 1 is 1.26 bits per heavy atom. The Balaban J connectivity index is 1.43. The van der Waals surface area contributed by atoms with Gasteiger partial charge < -0.3 is 24.6 Å². The van der Waals surface area contributed by atoms with E-state index in [1.54, 1.807) is 0 Å². The Kier molecular flexibility index (Phi) is 5.35. The normalized spacial score (nSPS) is 22.0. The Labute approximate surface area is 137 Å². The lowest BCUT2D eigenvalue weighted by Gasteiger charge is -2.36. The molecule has 0 spiro atoms. The zero-order chi connectivity index (χ0) is 16.1. The van der Waals surface area contributed by atoms with Gasteiger partial charge in [0.25, 0.3) is 0 Å². The molecule has 1 atom stereocenters. The van der Waals surface area contributed by atoms with Crippen molar-refractivity contribution < 1.29 is 14.3 Å². The molecule has 0 aliphatic carbocycles. The quantitative estimate of drug-likeness (QED) is 0.911. The number of carbonyl (C=O) groups is 1. The van der Waals surface area contributed by atoms with Crippen molar-refractivity contribution in [3.05, 3.63) is 29.8 Å². The lowest BCUT2D eigenvalue weighted by atomic mass is 10.2. The van der Waals surface area contributed by atoms with Crippen molar-refractivity contribution >= 4 is 11.7 Å². The average molecular weight is 319 g/mol. The van der Waals surface area contributed by atoms with E-state index in [1.807, 2.05) is 4.90 Å². The maximum atomic E-state index is 12.2. The first-order valence-corrected chi connectivity index (χ1v) is 8.26. The molecule has 2 aliphatic heterocycles. The van der Waals surface area contributed by atoms with Crippen molar-refractivity contribution in [1.82, 2.24) is 10.2 Å². The van der Waals surface area contributed by atoms with Crippen LogP contribution in [0.1, 0.15) is 5.56 Å². The van der Waals surface area contributed by atoms with Crippen LogP contribution in [0.4, 0.5) is 10.5 Å². The summed E-state index contributed by atoms with van der Waals surface area (Å²) in [6.07, 6.45) is -0.0266. The number of nitrogens with one attached hydrogen (secondary N) is 1. The van der Waals surface area contributed by atoms with E-state index in [9.17, 15) is 4.79 Å². The van der Waals surface area contributed by atoms with E-state index in [2.05, 4.69) is 41.4 Å². The smallest absolute Gasteiger partial charge is 0.317 e. The molecule has 0 bridgehead atoms. The van der Waals surface area contributed by atoms with Crippen molar-refractivity contribution in [2.24, 2.45) is 0 Å². The Morgan fingerprint density at radius 3 is 2.78 bits per heavy atom.